The number of hydrogen-bond acceptors (Lipinski definition) is 16. The van der Waals surface area contributed by atoms with Gasteiger partial charge in [-0.15, -0.1) is 0 Å². The number of rotatable bonds is 23. The standard InChI is InChI=1S/C67H66N5O15P/c1-43-39-71(64(75)69-62(43)73)60-37-56(86-67(46-15-11-8-12-16-46,49-21-29-53(80-5)30-22-49)50-23-31-54(81-6)32-24-50)59(85-60)42-83-88(77,55-33-35-68-36-34-55)87-57-38-61(72-40-44(2)63(74)70-65(72)76)84-58(57)41-82-66(45-13-9-7-10-14-45,47-17-25-51(78-3)26-18-47)48-19-27-52(79-4)28-20-48/h7-36,39-40,56-61H,37-38,41-42H2,1-6H3,(H,69,73,75)(H,70,74,76)/t56?,57?,58?,59?,60?,61-,88?/m1/s1. The van der Waals surface area contributed by atoms with Gasteiger partial charge in [0.25, 0.3) is 11.1 Å². The summed E-state index contributed by atoms with van der Waals surface area (Å²) < 4.78 is 83.8. The van der Waals surface area contributed by atoms with Crippen molar-refractivity contribution < 1.29 is 51.5 Å². The average Bonchev–Trinajstić information content (AvgIpc) is 1.40. The van der Waals surface area contributed by atoms with Gasteiger partial charge in [-0.05, 0) is 108 Å². The smallest absolute Gasteiger partial charge is 0.361 e. The van der Waals surface area contributed by atoms with E-state index in [9.17, 15) is 19.2 Å². The number of H-pyrrole nitrogens is 2. The van der Waals surface area contributed by atoms with E-state index in [2.05, 4.69) is 15.0 Å². The number of benzene rings is 6. The number of methoxy groups -OCH3 is 4. The predicted octanol–water partition coefficient (Wildman–Crippen LogP) is 9.01. The fraction of sp³-hybridized carbons (Fsp3) is 0.269. The highest BCUT2D eigenvalue weighted by atomic mass is 31.2. The number of pyridine rings is 1. The Labute approximate surface area is 506 Å². The highest BCUT2D eigenvalue weighted by Gasteiger charge is 2.50. The summed E-state index contributed by atoms with van der Waals surface area (Å²) in [7, 11) is 1.71. The molecule has 0 amide bonds. The second kappa shape index (κ2) is 26.2. The molecule has 21 heteroatoms. The van der Waals surface area contributed by atoms with Crippen molar-refractivity contribution in [2.75, 3.05) is 41.7 Å². The van der Waals surface area contributed by atoms with E-state index in [-0.39, 0.29) is 35.9 Å². The number of ether oxygens (including phenoxy) is 8. The largest absolute Gasteiger partial charge is 0.497 e. The number of nitrogens with zero attached hydrogens (tertiary/aromatic N) is 3. The first kappa shape index (κ1) is 60.7. The van der Waals surface area contributed by atoms with E-state index in [4.69, 9.17) is 46.9 Å². The van der Waals surface area contributed by atoms with Crippen molar-refractivity contribution in [1.82, 2.24) is 24.1 Å². The molecule has 2 aliphatic rings. The van der Waals surface area contributed by atoms with E-state index in [1.807, 2.05) is 158 Å². The summed E-state index contributed by atoms with van der Waals surface area (Å²) in [6.07, 6.45) is -0.789. The zero-order chi connectivity index (χ0) is 61.6. The maximum absolute atomic E-state index is 16.4. The third kappa shape index (κ3) is 12.2. The quantitative estimate of drug-likeness (QED) is 0.0449. The van der Waals surface area contributed by atoms with E-state index < -0.39 is 84.8 Å². The van der Waals surface area contributed by atoms with Crippen LogP contribution in [-0.2, 0) is 43.8 Å². The van der Waals surface area contributed by atoms with Gasteiger partial charge in [0.1, 0.15) is 65.0 Å². The molecule has 3 aromatic heterocycles. The number of aromatic nitrogens is 5. The van der Waals surface area contributed by atoms with Crippen molar-refractivity contribution in [3.63, 3.8) is 0 Å². The Balaban J connectivity index is 1.01. The van der Waals surface area contributed by atoms with Crippen molar-refractivity contribution in [3.8, 4) is 23.0 Å². The maximum Gasteiger partial charge on any atom is 0.361 e. The van der Waals surface area contributed by atoms with Crippen LogP contribution >= 0.6 is 7.60 Å². The Bertz CT molecular complexity index is 4030. The summed E-state index contributed by atoms with van der Waals surface area (Å²) in [6, 6.07) is 52.3. The molecule has 2 fully saturated rings. The molecule has 88 heavy (non-hydrogen) atoms. The van der Waals surface area contributed by atoms with E-state index in [1.54, 1.807) is 42.3 Å². The molecule has 7 atom stereocenters. The van der Waals surface area contributed by atoms with E-state index in [0.29, 0.717) is 34.1 Å². The molecule has 0 aliphatic carbocycles. The number of hydrogen-bond donors (Lipinski definition) is 2. The van der Waals surface area contributed by atoms with Crippen LogP contribution in [0.5, 0.6) is 23.0 Å². The number of aryl methyl sites for hydroxylation is 2. The van der Waals surface area contributed by atoms with Gasteiger partial charge >= 0.3 is 19.0 Å². The second-order valence-corrected chi connectivity index (χ2v) is 23.3. The molecule has 2 N–H and O–H groups in total. The lowest BCUT2D eigenvalue weighted by Crippen LogP contribution is -2.41. The normalized spacial score (nSPS) is 19.2. The predicted molar refractivity (Wildman–Crippen MR) is 327 cm³/mol. The van der Waals surface area contributed by atoms with Gasteiger partial charge in [-0.3, -0.25) is 42.8 Å². The Hall–Kier alpha value is -8.98. The third-order valence-electron chi connectivity index (χ3n) is 16.1. The Morgan fingerprint density at radius 1 is 0.500 bits per heavy atom. The minimum atomic E-state index is -4.63. The molecule has 6 aromatic carbocycles. The summed E-state index contributed by atoms with van der Waals surface area (Å²) in [5.41, 5.74) is -0.529. The SMILES string of the molecule is COc1ccc(C(OCC2O[C@@H](n3cc(C)c(=O)[nH]c3=O)CC2OP(=O)(OCC2OC(n3cc(C)c(=O)[nH]c3=O)CC2OC(c2ccccc2)(c2ccc(OC)cc2)c2ccc(OC)cc2)c2ccncc2)(c2ccccc2)c2ccc(OC)cc2)cc1. The Kier molecular flexibility index (Phi) is 18.0. The first-order chi connectivity index (χ1) is 42.7. The van der Waals surface area contributed by atoms with Crippen LogP contribution in [0.1, 0.15) is 69.8 Å². The fourth-order valence-corrected chi connectivity index (χ4v) is 13.2. The summed E-state index contributed by atoms with van der Waals surface area (Å²) in [5.74, 6) is 2.45. The minimum absolute atomic E-state index is 0.0250. The molecule has 2 saturated heterocycles. The van der Waals surface area contributed by atoms with Gasteiger partial charge in [-0.1, -0.05) is 109 Å². The average molecular weight is 1210 g/mol. The third-order valence-corrected chi connectivity index (χ3v) is 18.0. The van der Waals surface area contributed by atoms with Crippen LogP contribution in [0, 0.1) is 13.8 Å². The highest BCUT2D eigenvalue weighted by molar-refractivity contribution is 7.62. The lowest BCUT2D eigenvalue weighted by atomic mass is 9.79. The lowest BCUT2D eigenvalue weighted by Gasteiger charge is -2.39. The van der Waals surface area contributed by atoms with Gasteiger partial charge in [-0.25, -0.2) is 9.59 Å². The van der Waals surface area contributed by atoms with Crippen LogP contribution in [0.25, 0.3) is 0 Å². The maximum atomic E-state index is 16.4. The van der Waals surface area contributed by atoms with Gasteiger partial charge in [0, 0.05) is 48.8 Å². The van der Waals surface area contributed by atoms with Crippen molar-refractivity contribution >= 4 is 12.9 Å². The first-order valence-corrected chi connectivity index (χ1v) is 30.0. The molecule has 9 aromatic rings. The molecule has 20 nitrogen and oxygen atoms in total. The number of aromatic amines is 2. The van der Waals surface area contributed by atoms with Crippen LogP contribution in [0.2, 0.25) is 0 Å². The summed E-state index contributed by atoms with van der Waals surface area (Å²) in [4.78, 5) is 62.1. The van der Waals surface area contributed by atoms with Crippen LogP contribution in [0.4, 0.5) is 0 Å². The Morgan fingerprint density at radius 3 is 1.30 bits per heavy atom. The molecular weight excluding hydrogens is 1150 g/mol. The van der Waals surface area contributed by atoms with Gasteiger partial charge < -0.3 is 42.4 Å². The first-order valence-electron chi connectivity index (χ1n) is 28.5. The van der Waals surface area contributed by atoms with Gasteiger partial charge in [-0.2, -0.15) is 0 Å². The van der Waals surface area contributed by atoms with E-state index in [0.717, 1.165) is 22.3 Å². The zero-order valence-electron chi connectivity index (χ0n) is 49.2. The topological polar surface area (TPSA) is 232 Å². The minimum Gasteiger partial charge on any atom is -0.497 e. The molecule has 2 aliphatic heterocycles. The summed E-state index contributed by atoms with van der Waals surface area (Å²) in [5, 5.41) is 0.118. The van der Waals surface area contributed by atoms with Gasteiger partial charge in [0.15, 0.2) is 0 Å². The zero-order valence-corrected chi connectivity index (χ0v) is 50.1. The van der Waals surface area contributed by atoms with Crippen molar-refractivity contribution in [1.29, 1.82) is 0 Å². The van der Waals surface area contributed by atoms with Crippen LogP contribution in [0.3, 0.4) is 0 Å². The lowest BCUT2D eigenvalue weighted by molar-refractivity contribution is -0.101. The molecule has 0 bridgehead atoms. The van der Waals surface area contributed by atoms with Crippen LogP contribution in [-0.4, -0.2) is 90.2 Å². The van der Waals surface area contributed by atoms with Crippen molar-refractivity contribution in [3.05, 3.63) is 281 Å². The monoisotopic (exact) mass is 1210 g/mol. The fourth-order valence-electron chi connectivity index (χ4n) is 11.5. The van der Waals surface area contributed by atoms with Crippen LogP contribution in [0.15, 0.2) is 214 Å². The molecule has 5 heterocycles. The summed E-state index contributed by atoms with van der Waals surface area (Å²) in [6.45, 7) is 2.45. The van der Waals surface area contributed by atoms with Crippen molar-refractivity contribution in [2.45, 2.75) is 74.8 Å². The van der Waals surface area contributed by atoms with Gasteiger partial charge in [0.2, 0.25) is 0 Å². The molecule has 6 unspecified atom stereocenters. The highest BCUT2D eigenvalue weighted by Crippen LogP contribution is 2.53. The number of nitrogens with one attached hydrogen (secondary N) is 2. The van der Waals surface area contributed by atoms with Gasteiger partial charge in [0.05, 0.1) is 53.1 Å². The molecule has 454 valence electrons. The summed E-state index contributed by atoms with van der Waals surface area (Å²) >= 11 is 0. The molecular formula is C67H66N5O15P. The molecule has 11 rings (SSSR count). The second-order valence-electron chi connectivity index (χ2n) is 21.3. The van der Waals surface area contributed by atoms with E-state index in [1.165, 1.54) is 46.1 Å². The Morgan fingerprint density at radius 2 is 0.875 bits per heavy atom. The molecule has 0 radical (unpaired) electrons. The van der Waals surface area contributed by atoms with Crippen molar-refractivity contribution in [2.24, 2.45) is 0 Å². The molecule has 0 saturated carbocycles. The van der Waals surface area contributed by atoms with Crippen LogP contribution < -0.4 is 46.8 Å². The van der Waals surface area contributed by atoms with E-state index >= 15 is 4.57 Å². The molecule has 0 spiro atoms.